The average molecular weight is 454 g/mol. The maximum Gasteiger partial charge on any atom is 0.282 e. The van der Waals surface area contributed by atoms with E-state index < -0.39 is 16.3 Å². The smallest absolute Gasteiger partial charge is 0.282 e. The lowest BCUT2D eigenvalue weighted by molar-refractivity contribution is 0.146. The molecule has 0 aliphatic heterocycles. The third-order valence-corrected chi connectivity index (χ3v) is 6.18. The molecule has 0 saturated heterocycles. The van der Waals surface area contributed by atoms with Gasteiger partial charge in [-0.3, -0.25) is 0 Å². The number of rotatable bonds is 6. The molecule has 4 aromatic rings. The predicted octanol–water partition coefficient (Wildman–Crippen LogP) is 5.56. The third kappa shape index (κ3) is 4.13. The summed E-state index contributed by atoms with van der Waals surface area (Å²) < 4.78 is 58.6. The highest BCUT2D eigenvalue weighted by Crippen LogP contribution is 2.40. The Kier molecular flexibility index (Phi) is 5.80. The Bertz CT molecular complexity index is 1330. The molecular weight excluding hydrogens is 434 g/mol. The van der Waals surface area contributed by atoms with Gasteiger partial charge >= 0.3 is 0 Å². The van der Waals surface area contributed by atoms with E-state index >= 15 is 0 Å². The van der Waals surface area contributed by atoms with Crippen molar-refractivity contribution in [2.24, 2.45) is 0 Å². The van der Waals surface area contributed by atoms with Crippen LogP contribution in [-0.2, 0) is 9.84 Å². The molecule has 0 amide bonds. The fourth-order valence-electron chi connectivity index (χ4n) is 3.51. The van der Waals surface area contributed by atoms with Gasteiger partial charge in [-0.15, -0.1) is 0 Å². The van der Waals surface area contributed by atoms with Crippen LogP contribution in [0.5, 0.6) is 5.75 Å². The van der Waals surface area contributed by atoms with Crippen LogP contribution in [0.1, 0.15) is 12.1 Å². The molecule has 1 heterocycles. The minimum atomic E-state index is -3.40. The number of halogens is 2. The van der Waals surface area contributed by atoms with Crippen LogP contribution in [0.3, 0.4) is 0 Å². The number of alkyl halides is 2. The lowest BCUT2D eigenvalue weighted by Gasteiger charge is -2.12. The molecule has 0 N–H and O–H groups in total. The molecule has 164 valence electrons. The van der Waals surface area contributed by atoms with E-state index in [1.165, 1.54) is 16.8 Å². The Morgan fingerprint density at radius 3 is 2.03 bits per heavy atom. The Balaban J connectivity index is 2.01. The van der Waals surface area contributed by atoms with Gasteiger partial charge in [-0.2, -0.15) is 5.10 Å². The maximum atomic E-state index is 14.1. The van der Waals surface area contributed by atoms with E-state index in [1.807, 2.05) is 0 Å². The summed E-state index contributed by atoms with van der Waals surface area (Å²) in [6, 6.07) is 21.9. The molecule has 0 bridgehead atoms. The highest BCUT2D eigenvalue weighted by molar-refractivity contribution is 7.90. The number of aromatic nitrogens is 2. The summed E-state index contributed by atoms with van der Waals surface area (Å²) in [6.07, 6.45) is -1.69. The van der Waals surface area contributed by atoms with Gasteiger partial charge in [0.15, 0.2) is 9.84 Å². The normalized spacial score (nSPS) is 11.7. The SMILES string of the molecule is COc1ccc(-n2nc(C(F)F)c(-c3ccccc3)c2-c2ccc(S(C)(=O)=O)cc2)cc1. The Labute approximate surface area is 184 Å². The van der Waals surface area contributed by atoms with E-state index in [-0.39, 0.29) is 10.6 Å². The van der Waals surface area contributed by atoms with E-state index in [1.54, 1.807) is 73.8 Å². The second kappa shape index (κ2) is 8.55. The highest BCUT2D eigenvalue weighted by Gasteiger charge is 2.27. The van der Waals surface area contributed by atoms with Gasteiger partial charge in [0, 0.05) is 17.4 Å². The molecule has 0 aliphatic rings. The fourth-order valence-corrected chi connectivity index (χ4v) is 4.14. The van der Waals surface area contributed by atoms with Crippen molar-refractivity contribution in [3.05, 3.63) is 84.6 Å². The van der Waals surface area contributed by atoms with E-state index in [0.717, 1.165) is 6.26 Å². The molecular formula is C24H20F2N2O3S. The summed E-state index contributed by atoms with van der Waals surface area (Å²) >= 11 is 0. The maximum absolute atomic E-state index is 14.1. The predicted molar refractivity (Wildman–Crippen MR) is 119 cm³/mol. The molecule has 32 heavy (non-hydrogen) atoms. The van der Waals surface area contributed by atoms with Crippen molar-refractivity contribution in [3.8, 4) is 33.8 Å². The second-order valence-electron chi connectivity index (χ2n) is 7.18. The lowest BCUT2D eigenvalue weighted by Crippen LogP contribution is -2.01. The second-order valence-corrected chi connectivity index (χ2v) is 9.20. The summed E-state index contributed by atoms with van der Waals surface area (Å²) in [5.74, 6) is 0.623. The minimum absolute atomic E-state index is 0.145. The number of benzene rings is 3. The van der Waals surface area contributed by atoms with E-state index in [0.29, 0.717) is 33.8 Å². The molecule has 1 aromatic heterocycles. The first-order valence-electron chi connectivity index (χ1n) is 9.71. The standard InChI is InChI=1S/C24H20F2N2O3S/c1-31-19-12-10-18(11-13-19)28-23(17-8-14-20(15-9-17)32(2,29)30)21(22(27-28)24(25)26)16-6-4-3-5-7-16/h3-15,24H,1-2H3. The van der Waals surface area contributed by atoms with Crippen LogP contribution < -0.4 is 4.74 Å². The molecule has 4 rings (SSSR count). The first kappa shape index (κ1) is 21.7. The first-order chi connectivity index (χ1) is 15.3. The van der Waals surface area contributed by atoms with Gasteiger partial charge < -0.3 is 4.74 Å². The summed E-state index contributed by atoms with van der Waals surface area (Å²) in [4.78, 5) is 0.145. The Morgan fingerprint density at radius 1 is 0.875 bits per heavy atom. The van der Waals surface area contributed by atoms with Gasteiger partial charge in [0.1, 0.15) is 11.4 Å². The lowest BCUT2D eigenvalue weighted by atomic mass is 9.98. The molecule has 0 atom stereocenters. The zero-order chi connectivity index (χ0) is 22.9. The Hall–Kier alpha value is -3.52. The monoisotopic (exact) mass is 454 g/mol. The molecule has 0 fully saturated rings. The summed E-state index contributed by atoms with van der Waals surface area (Å²) in [5.41, 5.74) is 2.10. The van der Waals surface area contributed by atoms with Crippen LogP contribution in [0.25, 0.3) is 28.1 Å². The van der Waals surface area contributed by atoms with E-state index in [9.17, 15) is 17.2 Å². The largest absolute Gasteiger partial charge is 0.497 e. The summed E-state index contributed by atoms with van der Waals surface area (Å²) in [7, 11) is -1.86. The van der Waals surface area contributed by atoms with E-state index in [4.69, 9.17) is 4.74 Å². The molecule has 0 radical (unpaired) electrons. The zero-order valence-corrected chi connectivity index (χ0v) is 18.2. The molecule has 0 saturated carbocycles. The van der Waals surface area contributed by atoms with Crippen LogP contribution >= 0.6 is 0 Å². The topological polar surface area (TPSA) is 61.2 Å². The summed E-state index contributed by atoms with van der Waals surface area (Å²) in [5, 5.41) is 4.27. The van der Waals surface area contributed by atoms with Crippen molar-refractivity contribution in [2.75, 3.05) is 13.4 Å². The van der Waals surface area contributed by atoms with Crippen LogP contribution in [0.2, 0.25) is 0 Å². The minimum Gasteiger partial charge on any atom is -0.497 e. The summed E-state index contributed by atoms with van der Waals surface area (Å²) in [6.45, 7) is 0. The van der Waals surface area contributed by atoms with Crippen molar-refractivity contribution in [2.45, 2.75) is 11.3 Å². The number of hydrogen-bond donors (Lipinski definition) is 0. The van der Waals surface area contributed by atoms with Gasteiger partial charge in [-0.05, 0) is 42.0 Å². The molecule has 0 aliphatic carbocycles. The highest BCUT2D eigenvalue weighted by atomic mass is 32.2. The molecule has 0 spiro atoms. The fraction of sp³-hybridized carbons (Fsp3) is 0.125. The molecule has 0 unspecified atom stereocenters. The molecule has 5 nitrogen and oxygen atoms in total. The number of methoxy groups -OCH3 is 1. The van der Waals surface area contributed by atoms with Crippen LogP contribution in [0.15, 0.2) is 83.8 Å². The quantitative estimate of drug-likeness (QED) is 0.383. The number of hydrogen-bond acceptors (Lipinski definition) is 4. The number of sulfone groups is 1. The van der Waals surface area contributed by atoms with Crippen LogP contribution in [0.4, 0.5) is 8.78 Å². The van der Waals surface area contributed by atoms with Gasteiger partial charge in [-0.1, -0.05) is 42.5 Å². The van der Waals surface area contributed by atoms with Crippen molar-refractivity contribution < 1.29 is 21.9 Å². The van der Waals surface area contributed by atoms with Crippen molar-refractivity contribution in [1.29, 1.82) is 0 Å². The van der Waals surface area contributed by atoms with Crippen LogP contribution in [-0.4, -0.2) is 31.6 Å². The van der Waals surface area contributed by atoms with Crippen molar-refractivity contribution in [3.63, 3.8) is 0 Å². The third-order valence-electron chi connectivity index (χ3n) is 5.05. The Morgan fingerprint density at radius 2 is 1.50 bits per heavy atom. The number of nitrogens with zero attached hydrogens (tertiary/aromatic N) is 2. The zero-order valence-electron chi connectivity index (χ0n) is 17.4. The molecule has 8 heteroatoms. The first-order valence-corrected chi connectivity index (χ1v) is 11.6. The van der Waals surface area contributed by atoms with Gasteiger partial charge in [0.2, 0.25) is 0 Å². The average Bonchev–Trinajstić information content (AvgIpc) is 3.20. The number of ether oxygens (including phenoxy) is 1. The van der Waals surface area contributed by atoms with Crippen LogP contribution in [0, 0.1) is 0 Å². The van der Waals surface area contributed by atoms with E-state index in [2.05, 4.69) is 5.10 Å². The van der Waals surface area contributed by atoms with Gasteiger partial charge in [0.05, 0.1) is 23.4 Å². The van der Waals surface area contributed by atoms with Gasteiger partial charge in [-0.25, -0.2) is 21.9 Å². The molecule has 3 aromatic carbocycles. The van der Waals surface area contributed by atoms with Crippen molar-refractivity contribution in [1.82, 2.24) is 9.78 Å². The van der Waals surface area contributed by atoms with Crippen molar-refractivity contribution >= 4 is 9.84 Å². The van der Waals surface area contributed by atoms with Gasteiger partial charge in [0.25, 0.3) is 6.43 Å².